The molecule has 5 rings (SSSR count). The molecule has 0 unspecified atom stereocenters. The number of nitrogens with two attached hydrogens (primary N) is 1. The number of hydrogen-bond donors (Lipinski definition) is 1. The third-order valence-electron chi connectivity index (χ3n) is 7.68. The molecule has 0 spiro atoms. The molecule has 1 aliphatic carbocycles. The van der Waals surface area contributed by atoms with E-state index in [1.54, 1.807) is 0 Å². The molecule has 196 valence electrons. The molecule has 0 atom stereocenters. The largest absolute Gasteiger partial charge is 0.383 e. The number of ether oxygens (including phenoxy) is 1. The zero-order chi connectivity index (χ0) is 25.6. The van der Waals surface area contributed by atoms with Crippen molar-refractivity contribution in [3.8, 4) is 0 Å². The Balaban J connectivity index is 1.20. The number of nitrogens with zero attached hydrogens (tertiary/aromatic N) is 5. The van der Waals surface area contributed by atoms with Crippen LogP contribution in [0.1, 0.15) is 48.3 Å². The molecule has 2 N–H and O–H groups in total. The summed E-state index contributed by atoms with van der Waals surface area (Å²) in [6, 6.07) is 21.1. The molecule has 7 nitrogen and oxygen atoms in total. The van der Waals surface area contributed by atoms with E-state index in [9.17, 15) is 0 Å². The van der Waals surface area contributed by atoms with E-state index in [-0.39, 0.29) is 0 Å². The minimum Gasteiger partial charge on any atom is -0.383 e. The fourth-order valence-corrected chi connectivity index (χ4v) is 5.59. The summed E-state index contributed by atoms with van der Waals surface area (Å²) in [6.45, 7) is 5.45. The molecule has 1 aromatic heterocycles. The van der Waals surface area contributed by atoms with Gasteiger partial charge in [0.05, 0.1) is 12.7 Å². The first-order chi connectivity index (χ1) is 18.1. The fraction of sp³-hybridized carbons (Fsp3) is 0.467. The molecule has 2 heterocycles. The van der Waals surface area contributed by atoms with Gasteiger partial charge in [0.25, 0.3) is 0 Å². The molecule has 1 saturated carbocycles. The Hall–Kier alpha value is -3.16. The normalized spacial score (nSPS) is 20.6. The van der Waals surface area contributed by atoms with Gasteiger partial charge in [-0.15, -0.1) is 0 Å². The SMILES string of the molecule is CN(C)c1nc(N2CCN(Cc3ccccc3)CC2)nc(N)c1C1CCC(OCc2ccccc2)CC1. The number of benzene rings is 2. The van der Waals surface area contributed by atoms with Crippen LogP contribution in [0.15, 0.2) is 60.7 Å². The molecule has 2 aliphatic rings. The third-order valence-corrected chi connectivity index (χ3v) is 7.68. The summed E-state index contributed by atoms with van der Waals surface area (Å²) in [5, 5.41) is 0. The maximum Gasteiger partial charge on any atom is 0.229 e. The Bertz CT molecular complexity index is 1120. The summed E-state index contributed by atoms with van der Waals surface area (Å²) < 4.78 is 6.22. The van der Waals surface area contributed by atoms with Crippen molar-refractivity contribution in [1.29, 1.82) is 0 Å². The second-order valence-corrected chi connectivity index (χ2v) is 10.6. The second kappa shape index (κ2) is 11.9. The lowest BCUT2D eigenvalue weighted by Gasteiger charge is -2.36. The monoisotopic (exact) mass is 500 g/mol. The van der Waals surface area contributed by atoms with E-state index >= 15 is 0 Å². The lowest BCUT2D eigenvalue weighted by Crippen LogP contribution is -2.46. The molecule has 2 fully saturated rings. The molecule has 0 radical (unpaired) electrons. The standard InChI is InChI=1S/C30H40N6O/c1-34(2)29-27(25-13-15-26(16-14-25)37-22-24-11-7-4-8-12-24)28(31)32-30(33-29)36-19-17-35(18-20-36)21-23-9-5-3-6-10-23/h3-12,25-26H,13-22H2,1-2H3,(H2,31,32,33). The number of rotatable bonds is 8. The summed E-state index contributed by atoms with van der Waals surface area (Å²) in [6.07, 6.45) is 4.47. The van der Waals surface area contributed by atoms with Crippen LogP contribution < -0.4 is 15.5 Å². The Labute approximate surface area is 221 Å². The van der Waals surface area contributed by atoms with Gasteiger partial charge in [-0.25, -0.2) is 0 Å². The van der Waals surface area contributed by atoms with Crippen molar-refractivity contribution in [1.82, 2.24) is 14.9 Å². The molecule has 1 aliphatic heterocycles. The van der Waals surface area contributed by atoms with E-state index in [0.717, 1.165) is 75.7 Å². The van der Waals surface area contributed by atoms with Gasteiger partial charge in [0.15, 0.2) is 0 Å². The summed E-state index contributed by atoms with van der Waals surface area (Å²) in [7, 11) is 4.11. The smallest absolute Gasteiger partial charge is 0.229 e. The van der Waals surface area contributed by atoms with Gasteiger partial charge in [0.1, 0.15) is 11.6 Å². The van der Waals surface area contributed by atoms with Crippen LogP contribution in [0.4, 0.5) is 17.6 Å². The summed E-state index contributed by atoms with van der Waals surface area (Å²) in [4.78, 5) is 16.8. The highest BCUT2D eigenvalue weighted by molar-refractivity contribution is 5.62. The van der Waals surface area contributed by atoms with Gasteiger partial charge in [0, 0.05) is 52.4 Å². The summed E-state index contributed by atoms with van der Waals surface area (Å²) in [5.41, 5.74) is 10.3. The number of aromatic nitrogens is 2. The molecular weight excluding hydrogens is 460 g/mol. The van der Waals surface area contributed by atoms with Crippen molar-refractivity contribution in [2.24, 2.45) is 0 Å². The van der Waals surface area contributed by atoms with Crippen molar-refractivity contribution < 1.29 is 4.74 Å². The minimum absolute atomic E-state index is 0.299. The van der Waals surface area contributed by atoms with Crippen LogP contribution in [-0.4, -0.2) is 61.2 Å². The Morgan fingerprint density at radius 2 is 1.46 bits per heavy atom. The Kier molecular flexibility index (Phi) is 8.21. The Morgan fingerprint density at radius 3 is 2.08 bits per heavy atom. The highest BCUT2D eigenvalue weighted by atomic mass is 16.5. The van der Waals surface area contributed by atoms with E-state index < -0.39 is 0 Å². The summed E-state index contributed by atoms with van der Waals surface area (Å²) in [5.74, 6) is 2.71. The van der Waals surface area contributed by atoms with E-state index in [4.69, 9.17) is 20.4 Å². The zero-order valence-corrected chi connectivity index (χ0v) is 22.2. The first-order valence-electron chi connectivity index (χ1n) is 13.6. The number of nitrogen functional groups attached to an aromatic ring is 1. The van der Waals surface area contributed by atoms with Crippen molar-refractivity contribution in [2.45, 2.75) is 50.9 Å². The quantitative estimate of drug-likeness (QED) is 0.481. The van der Waals surface area contributed by atoms with Crippen LogP contribution in [0.5, 0.6) is 0 Å². The van der Waals surface area contributed by atoms with Crippen LogP contribution >= 0.6 is 0 Å². The van der Waals surface area contributed by atoms with Crippen LogP contribution in [0.3, 0.4) is 0 Å². The van der Waals surface area contributed by atoms with E-state index in [1.165, 1.54) is 11.1 Å². The van der Waals surface area contributed by atoms with Crippen LogP contribution in [0, 0.1) is 0 Å². The van der Waals surface area contributed by atoms with E-state index in [1.807, 2.05) is 6.07 Å². The zero-order valence-electron chi connectivity index (χ0n) is 22.2. The predicted octanol–water partition coefficient (Wildman–Crippen LogP) is 4.69. The fourth-order valence-electron chi connectivity index (χ4n) is 5.59. The molecule has 2 aromatic carbocycles. The molecule has 7 heteroatoms. The van der Waals surface area contributed by atoms with Gasteiger partial charge >= 0.3 is 0 Å². The molecule has 3 aromatic rings. The number of piperazine rings is 1. The molecule has 1 saturated heterocycles. The van der Waals surface area contributed by atoms with Crippen molar-refractivity contribution in [3.05, 3.63) is 77.4 Å². The lowest BCUT2D eigenvalue weighted by atomic mass is 9.82. The third kappa shape index (κ3) is 6.40. The first-order valence-corrected chi connectivity index (χ1v) is 13.6. The highest BCUT2D eigenvalue weighted by Crippen LogP contribution is 2.41. The maximum absolute atomic E-state index is 6.65. The van der Waals surface area contributed by atoms with Crippen LogP contribution in [0.25, 0.3) is 0 Å². The van der Waals surface area contributed by atoms with E-state index in [0.29, 0.717) is 24.4 Å². The molecular formula is C30H40N6O. The van der Waals surface area contributed by atoms with Gasteiger partial charge in [0.2, 0.25) is 5.95 Å². The maximum atomic E-state index is 6.65. The van der Waals surface area contributed by atoms with Crippen molar-refractivity contribution in [2.75, 3.05) is 55.8 Å². The second-order valence-electron chi connectivity index (χ2n) is 10.6. The van der Waals surface area contributed by atoms with Crippen LogP contribution in [-0.2, 0) is 17.9 Å². The first kappa shape index (κ1) is 25.5. The average molecular weight is 501 g/mol. The molecule has 0 bridgehead atoms. The highest BCUT2D eigenvalue weighted by Gasteiger charge is 2.30. The van der Waals surface area contributed by atoms with Crippen LogP contribution in [0.2, 0.25) is 0 Å². The molecule has 0 amide bonds. The predicted molar refractivity (Wildman–Crippen MR) is 151 cm³/mol. The van der Waals surface area contributed by atoms with Gasteiger partial charge in [-0.3, -0.25) is 4.90 Å². The minimum atomic E-state index is 0.299. The molecule has 37 heavy (non-hydrogen) atoms. The van der Waals surface area contributed by atoms with Gasteiger partial charge < -0.3 is 20.3 Å². The van der Waals surface area contributed by atoms with E-state index in [2.05, 4.69) is 83.4 Å². The Morgan fingerprint density at radius 1 is 0.838 bits per heavy atom. The average Bonchev–Trinajstić information content (AvgIpc) is 2.93. The number of anilines is 3. The topological polar surface area (TPSA) is 70.8 Å². The van der Waals surface area contributed by atoms with Gasteiger partial charge in [-0.1, -0.05) is 60.7 Å². The summed E-state index contributed by atoms with van der Waals surface area (Å²) >= 11 is 0. The van der Waals surface area contributed by atoms with Crippen molar-refractivity contribution in [3.63, 3.8) is 0 Å². The van der Waals surface area contributed by atoms with Gasteiger partial charge in [-0.2, -0.15) is 9.97 Å². The number of hydrogen-bond acceptors (Lipinski definition) is 7. The van der Waals surface area contributed by atoms with Gasteiger partial charge in [-0.05, 0) is 42.7 Å². The van der Waals surface area contributed by atoms with Crippen molar-refractivity contribution >= 4 is 17.6 Å². The lowest BCUT2D eigenvalue weighted by molar-refractivity contribution is 0.0133.